The molecule has 1 fully saturated rings. The number of hydrogen-bond donors (Lipinski definition) is 1. The summed E-state index contributed by atoms with van der Waals surface area (Å²) < 4.78 is 0. The van der Waals surface area contributed by atoms with E-state index in [1.807, 2.05) is 0 Å². The van der Waals surface area contributed by atoms with Crippen molar-refractivity contribution in [1.29, 1.82) is 0 Å². The van der Waals surface area contributed by atoms with Crippen LogP contribution in [-0.4, -0.2) is 6.54 Å². The van der Waals surface area contributed by atoms with Gasteiger partial charge in [0, 0.05) is 6.04 Å². The van der Waals surface area contributed by atoms with Crippen molar-refractivity contribution in [2.24, 2.45) is 5.92 Å². The van der Waals surface area contributed by atoms with Crippen molar-refractivity contribution in [3.8, 4) is 0 Å². The second-order valence-electron chi connectivity index (χ2n) is 4.22. The van der Waals surface area contributed by atoms with E-state index in [-0.39, 0.29) is 0 Å². The zero-order valence-electron chi connectivity index (χ0n) is 8.87. The summed E-state index contributed by atoms with van der Waals surface area (Å²) in [4.78, 5) is 0. The summed E-state index contributed by atoms with van der Waals surface area (Å²) in [5, 5.41) is 3.64. The van der Waals surface area contributed by atoms with Crippen molar-refractivity contribution >= 4 is 0 Å². The Bertz CT molecular complexity index is 260. The third kappa shape index (κ3) is 2.16. The second kappa shape index (κ2) is 4.61. The fourth-order valence-electron chi connectivity index (χ4n) is 2.23. The molecule has 1 aliphatic heterocycles. The first-order valence-corrected chi connectivity index (χ1v) is 5.68. The lowest BCUT2D eigenvalue weighted by Gasteiger charge is -2.29. The van der Waals surface area contributed by atoms with E-state index in [1.165, 1.54) is 31.4 Å². The van der Waals surface area contributed by atoms with Gasteiger partial charge >= 0.3 is 0 Å². The molecule has 1 aliphatic rings. The van der Waals surface area contributed by atoms with Crippen LogP contribution in [0.25, 0.3) is 0 Å². The van der Waals surface area contributed by atoms with Crippen LogP contribution in [0.3, 0.4) is 0 Å². The van der Waals surface area contributed by atoms with E-state index in [4.69, 9.17) is 0 Å². The van der Waals surface area contributed by atoms with E-state index in [0.29, 0.717) is 6.04 Å². The highest BCUT2D eigenvalue weighted by molar-refractivity contribution is 5.19. The quantitative estimate of drug-likeness (QED) is 0.753. The van der Waals surface area contributed by atoms with Crippen molar-refractivity contribution in [3.05, 3.63) is 35.9 Å². The van der Waals surface area contributed by atoms with Gasteiger partial charge in [-0.1, -0.05) is 43.7 Å². The summed E-state index contributed by atoms with van der Waals surface area (Å²) in [6.07, 6.45) is 3.99. The van der Waals surface area contributed by atoms with Gasteiger partial charge in [0.2, 0.25) is 0 Å². The highest BCUT2D eigenvalue weighted by Gasteiger charge is 2.19. The lowest BCUT2D eigenvalue weighted by molar-refractivity contribution is 0.308. The molecule has 1 N–H and O–H groups in total. The topological polar surface area (TPSA) is 12.0 Å². The molecule has 0 aliphatic carbocycles. The van der Waals surface area contributed by atoms with E-state index in [0.717, 1.165) is 5.92 Å². The fourth-order valence-corrected chi connectivity index (χ4v) is 2.23. The first-order chi connectivity index (χ1) is 6.90. The molecule has 2 unspecified atom stereocenters. The first kappa shape index (κ1) is 9.72. The summed E-state index contributed by atoms with van der Waals surface area (Å²) >= 11 is 0. The van der Waals surface area contributed by atoms with Crippen LogP contribution >= 0.6 is 0 Å². The van der Waals surface area contributed by atoms with Gasteiger partial charge in [0.25, 0.3) is 0 Å². The fraction of sp³-hybridized carbons (Fsp3) is 0.538. The smallest absolute Gasteiger partial charge is 0.0320 e. The van der Waals surface area contributed by atoms with Gasteiger partial charge in [-0.25, -0.2) is 0 Å². The normalized spacial score (nSPS) is 27.5. The third-order valence-corrected chi connectivity index (χ3v) is 3.30. The Morgan fingerprint density at radius 1 is 1.21 bits per heavy atom. The van der Waals surface area contributed by atoms with Crippen molar-refractivity contribution in [1.82, 2.24) is 5.32 Å². The molecular weight excluding hydrogens is 170 g/mol. The second-order valence-corrected chi connectivity index (χ2v) is 4.22. The molecule has 1 heteroatoms. The molecule has 2 atom stereocenters. The number of hydrogen-bond acceptors (Lipinski definition) is 1. The first-order valence-electron chi connectivity index (χ1n) is 5.68. The third-order valence-electron chi connectivity index (χ3n) is 3.30. The highest BCUT2D eigenvalue weighted by Crippen LogP contribution is 2.26. The van der Waals surface area contributed by atoms with Gasteiger partial charge < -0.3 is 5.32 Å². The molecule has 0 bridgehead atoms. The number of nitrogens with one attached hydrogen (secondary N) is 1. The zero-order chi connectivity index (χ0) is 9.80. The van der Waals surface area contributed by atoms with Crippen molar-refractivity contribution in [2.75, 3.05) is 6.54 Å². The average Bonchev–Trinajstić information content (AvgIpc) is 2.30. The van der Waals surface area contributed by atoms with E-state index in [1.54, 1.807) is 0 Å². The minimum absolute atomic E-state index is 0.596. The lowest BCUT2D eigenvalue weighted by atomic mass is 9.90. The molecule has 76 valence electrons. The molecule has 0 radical (unpaired) electrons. The molecule has 0 amide bonds. The van der Waals surface area contributed by atoms with Crippen LogP contribution in [0.5, 0.6) is 0 Å². The molecule has 14 heavy (non-hydrogen) atoms. The summed E-state index contributed by atoms with van der Waals surface area (Å²) in [5.41, 5.74) is 1.45. The van der Waals surface area contributed by atoms with Gasteiger partial charge in [-0.15, -0.1) is 0 Å². The van der Waals surface area contributed by atoms with Crippen LogP contribution in [0.1, 0.15) is 37.8 Å². The molecule has 2 rings (SSSR count). The van der Waals surface area contributed by atoms with Gasteiger partial charge in [-0.2, -0.15) is 0 Å². The van der Waals surface area contributed by atoms with Crippen molar-refractivity contribution in [2.45, 2.75) is 32.2 Å². The maximum absolute atomic E-state index is 3.64. The molecule has 1 nitrogen and oxygen atoms in total. The summed E-state index contributed by atoms with van der Waals surface area (Å²) in [5.74, 6) is 0.898. The van der Waals surface area contributed by atoms with Gasteiger partial charge in [-0.05, 0) is 30.9 Å². The SMILES string of the molecule is CCC1CCC(c2ccccc2)NC1. The largest absolute Gasteiger partial charge is 0.310 e. The van der Waals surface area contributed by atoms with Crippen LogP contribution in [0.15, 0.2) is 30.3 Å². The molecule has 1 aromatic rings. The Labute approximate surface area is 86.5 Å². The molecular formula is C13H19N. The van der Waals surface area contributed by atoms with Crippen LogP contribution in [0, 0.1) is 5.92 Å². The van der Waals surface area contributed by atoms with E-state index in [9.17, 15) is 0 Å². The van der Waals surface area contributed by atoms with Crippen LogP contribution < -0.4 is 5.32 Å². The predicted molar refractivity (Wildman–Crippen MR) is 60.2 cm³/mol. The molecule has 1 aromatic carbocycles. The molecule has 0 aromatic heterocycles. The minimum Gasteiger partial charge on any atom is -0.310 e. The van der Waals surface area contributed by atoms with E-state index in [2.05, 4.69) is 42.6 Å². The highest BCUT2D eigenvalue weighted by atomic mass is 14.9. The number of piperidine rings is 1. The molecule has 1 heterocycles. The van der Waals surface area contributed by atoms with Crippen molar-refractivity contribution in [3.63, 3.8) is 0 Å². The number of rotatable bonds is 2. The molecule has 1 saturated heterocycles. The van der Waals surface area contributed by atoms with Gasteiger partial charge in [0.05, 0.1) is 0 Å². The van der Waals surface area contributed by atoms with E-state index >= 15 is 0 Å². The Kier molecular flexibility index (Phi) is 3.20. The Morgan fingerprint density at radius 2 is 2.00 bits per heavy atom. The van der Waals surface area contributed by atoms with Gasteiger partial charge in [0.15, 0.2) is 0 Å². The maximum atomic E-state index is 3.64. The van der Waals surface area contributed by atoms with Crippen molar-refractivity contribution < 1.29 is 0 Å². The average molecular weight is 189 g/mol. The molecule has 0 saturated carbocycles. The minimum atomic E-state index is 0.596. The Balaban J connectivity index is 1.96. The van der Waals surface area contributed by atoms with Crippen LogP contribution in [-0.2, 0) is 0 Å². The Morgan fingerprint density at radius 3 is 2.57 bits per heavy atom. The zero-order valence-corrected chi connectivity index (χ0v) is 8.87. The monoisotopic (exact) mass is 189 g/mol. The predicted octanol–water partition coefficient (Wildman–Crippen LogP) is 3.14. The molecule has 0 spiro atoms. The van der Waals surface area contributed by atoms with Gasteiger partial charge in [-0.3, -0.25) is 0 Å². The summed E-state index contributed by atoms with van der Waals surface area (Å²) in [6, 6.07) is 11.4. The van der Waals surface area contributed by atoms with Crippen LogP contribution in [0.4, 0.5) is 0 Å². The standard InChI is InChI=1S/C13H19N/c1-2-11-8-9-13(14-10-11)12-6-4-3-5-7-12/h3-7,11,13-14H,2,8-10H2,1H3. The van der Waals surface area contributed by atoms with Gasteiger partial charge in [0.1, 0.15) is 0 Å². The Hall–Kier alpha value is -0.820. The van der Waals surface area contributed by atoms with Crippen LogP contribution in [0.2, 0.25) is 0 Å². The maximum Gasteiger partial charge on any atom is 0.0320 e. The summed E-state index contributed by atoms with van der Waals surface area (Å²) in [6.45, 7) is 3.48. The summed E-state index contributed by atoms with van der Waals surface area (Å²) in [7, 11) is 0. The lowest BCUT2D eigenvalue weighted by Crippen LogP contribution is -2.32. The number of benzene rings is 1. The van der Waals surface area contributed by atoms with E-state index < -0.39 is 0 Å².